The van der Waals surface area contributed by atoms with E-state index in [2.05, 4.69) is 20.2 Å². The maximum atomic E-state index is 13.4. The van der Waals surface area contributed by atoms with Crippen LogP contribution in [0.2, 0.25) is 0 Å². The Kier molecular flexibility index (Phi) is 4.36. The van der Waals surface area contributed by atoms with Gasteiger partial charge in [-0.3, -0.25) is 0 Å². The zero-order valence-electron chi connectivity index (χ0n) is 12.4. The first-order chi connectivity index (χ1) is 11.1. The normalized spacial score (nSPS) is 17.8. The number of hydrogen-bond donors (Lipinski definition) is 2. The van der Waals surface area contributed by atoms with Gasteiger partial charge in [-0.05, 0) is 31.0 Å². The molecule has 0 spiro atoms. The molecular formula is C16H17FN4O2. The van der Waals surface area contributed by atoms with Crippen LogP contribution >= 0.6 is 0 Å². The van der Waals surface area contributed by atoms with E-state index in [1.54, 1.807) is 6.07 Å². The lowest BCUT2D eigenvalue weighted by Gasteiger charge is -2.35. The minimum atomic E-state index is -1.10. The average Bonchev–Trinajstić information content (AvgIpc) is 2.56. The number of piperidine rings is 1. The quantitative estimate of drug-likeness (QED) is 0.902. The number of aromatic nitrogens is 2. The fraction of sp³-hybridized carbons (Fsp3) is 0.312. The van der Waals surface area contributed by atoms with E-state index in [1.807, 2.05) is 6.07 Å². The van der Waals surface area contributed by atoms with Gasteiger partial charge in [-0.25, -0.2) is 19.2 Å². The van der Waals surface area contributed by atoms with Crippen molar-refractivity contribution in [3.63, 3.8) is 0 Å². The van der Waals surface area contributed by atoms with Crippen molar-refractivity contribution in [1.29, 1.82) is 0 Å². The summed E-state index contributed by atoms with van der Waals surface area (Å²) in [4.78, 5) is 20.8. The number of hydrogen-bond acceptors (Lipinski definition) is 5. The minimum absolute atomic E-state index is 0.0828. The predicted octanol–water partition coefficient (Wildman–Crippen LogP) is 2.39. The number of nitrogens with one attached hydrogen (secondary N) is 1. The molecule has 1 atom stereocenters. The lowest BCUT2D eigenvalue weighted by Crippen LogP contribution is -2.42. The van der Waals surface area contributed by atoms with Gasteiger partial charge in [0.2, 0.25) is 0 Å². The molecule has 1 unspecified atom stereocenters. The maximum absolute atomic E-state index is 13.4. The van der Waals surface area contributed by atoms with Crippen molar-refractivity contribution >= 4 is 17.5 Å². The van der Waals surface area contributed by atoms with Crippen LogP contribution in [-0.2, 0) is 0 Å². The van der Waals surface area contributed by atoms with Crippen LogP contribution < -0.4 is 10.2 Å². The van der Waals surface area contributed by atoms with E-state index in [4.69, 9.17) is 5.11 Å². The molecule has 0 bridgehead atoms. The fourth-order valence-corrected chi connectivity index (χ4v) is 2.72. The molecule has 3 rings (SSSR count). The van der Waals surface area contributed by atoms with Crippen molar-refractivity contribution in [2.24, 2.45) is 0 Å². The molecule has 2 aromatic rings. The molecule has 0 radical (unpaired) electrons. The van der Waals surface area contributed by atoms with Gasteiger partial charge in [-0.15, -0.1) is 0 Å². The Balaban J connectivity index is 1.65. The van der Waals surface area contributed by atoms with Crippen LogP contribution in [0.3, 0.4) is 0 Å². The maximum Gasteiger partial charge on any atom is 0.356 e. The summed E-state index contributed by atoms with van der Waals surface area (Å²) in [5.74, 6) is -0.798. The average molecular weight is 316 g/mol. The summed E-state index contributed by atoms with van der Waals surface area (Å²) in [6.45, 7) is 1.61. The van der Waals surface area contributed by atoms with Gasteiger partial charge in [0.25, 0.3) is 0 Å². The Morgan fingerprint density at radius 2 is 2.22 bits per heavy atom. The molecule has 6 nitrogen and oxygen atoms in total. The molecule has 1 saturated heterocycles. The van der Waals surface area contributed by atoms with Gasteiger partial charge in [0, 0.05) is 24.8 Å². The van der Waals surface area contributed by atoms with Crippen molar-refractivity contribution in [2.45, 2.75) is 18.9 Å². The number of carbonyl (C=O) groups is 1. The van der Waals surface area contributed by atoms with Gasteiger partial charge in [0.1, 0.15) is 11.6 Å². The van der Waals surface area contributed by atoms with Gasteiger partial charge >= 0.3 is 5.97 Å². The standard InChI is InChI=1S/C16H17FN4O2/c17-11-3-1-5-13(7-11)21-6-2-4-12(10-21)20-15-9-18-14(8-19-15)16(22)23/h1,3,5,7-9,12H,2,4,6,10H2,(H,19,20)(H,22,23). The number of nitrogens with zero attached hydrogens (tertiary/aromatic N) is 3. The Bertz CT molecular complexity index is 693. The number of halogens is 1. The van der Waals surface area contributed by atoms with Crippen molar-refractivity contribution in [1.82, 2.24) is 9.97 Å². The van der Waals surface area contributed by atoms with Gasteiger partial charge in [-0.1, -0.05) is 6.07 Å². The summed E-state index contributed by atoms with van der Waals surface area (Å²) in [5.41, 5.74) is 0.782. The van der Waals surface area contributed by atoms with E-state index in [-0.39, 0.29) is 17.6 Å². The third-order valence-corrected chi connectivity index (χ3v) is 3.82. The zero-order chi connectivity index (χ0) is 16.2. The Morgan fingerprint density at radius 3 is 2.91 bits per heavy atom. The fourth-order valence-electron chi connectivity index (χ4n) is 2.72. The molecule has 1 fully saturated rings. The number of rotatable bonds is 4. The molecule has 2 heterocycles. The second-order valence-corrected chi connectivity index (χ2v) is 5.50. The van der Waals surface area contributed by atoms with E-state index >= 15 is 0 Å². The highest BCUT2D eigenvalue weighted by Crippen LogP contribution is 2.22. The summed E-state index contributed by atoms with van der Waals surface area (Å²) in [6.07, 6.45) is 4.60. The number of benzene rings is 1. The third kappa shape index (κ3) is 3.74. The summed E-state index contributed by atoms with van der Waals surface area (Å²) < 4.78 is 13.4. The molecule has 0 saturated carbocycles. The summed E-state index contributed by atoms with van der Waals surface area (Å²) in [7, 11) is 0. The van der Waals surface area contributed by atoms with E-state index in [0.29, 0.717) is 5.82 Å². The van der Waals surface area contributed by atoms with Gasteiger partial charge in [-0.2, -0.15) is 0 Å². The second kappa shape index (κ2) is 6.60. The number of anilines is 2. The second-order valence-electron chi connectivity index (χ2n) is 5.50. The molecule has 120 valence electrons. The van der Waals surface area contributed by atoms with Crippen LogP contribution in [0.5, 0.6) is 0 Å². The Labute approximate surface area is 133 Å². The van der Waals surface area contributed by atoms with E-state index in [1.165, 1.54) is 24.5 Å². The number of carboxylic acid groups (broad SMARTS) is 1. The highest BCUT2D eigenvalue weighted by molar-refractivity contribution is 5.84. The molecule has 1 aromatic heterocycles. The molecule has 1 aliphatic heterocycles. The van der Waals surface area contributed by atoms with Crippen molar-refractivity contribution in [3.8, 4) is 0 Å². The highest BCUT2D eigenvalue weighted by Gasteiger charge is 2.20. The molecule has 7 heteroatoms. The smallest absolute Gasteiger partial charge is 0.356 e. The molecular weight excluding hydrogens is 299 g/mol. The monoisotopic (exact) mass is 316 g/mol. The molecule has 0 aliphatic carbocycles. The molecule has 2 N–H and O–H groups in total. The van der Waals surface area contributed by atoms with Crippen LogP contribution in [-0.4, -0.2) is 40.2 Å². The van der Waals surface area contributed by atoms with Crippen LogP contribution in [0, 0.1) is 5.82 Å². The molecule has 1 aliphatic rings. The van der Waals surface area contributed by atoms with Crippen LogP contribution in [0.4, 0.5) is 15.9 Å². The third-order valence-electron chi connectivity index (χ3n) is 3.82. The van der Waals surface area contributed by atoms with Gasteiger partial charge in [0.05, 0.1) is 12.4 Å². The molecule has 1 aromatic carbocycles. The number of carboxylic acids is 1. The van der Waals surface area contributed by atoms with E-state index in [9.17, 15) is 9.18 Å². The lowest BCUT2D eigenvalue weighted by atomic mass is 10.0. The van der Waals surface area contributed by atoms with Crippen molar-refractivity contribution < 1.29 is 14.3 Å². The first-order valence-corrected chi connectivity index (χ1v) is 7.44. The van der Waals surface area contributed by atoms with Gasteiger partial charge < -0.3 is 15.3 Å². The molecule has 23 heavy (non-hydrogen) atoms. The van der Waals surface area contributed by atoms with Crippen LogP contribution in [0.1, 0.15) is 23.3 Å². The summed E-state index contributed by atoms with van der Waals surface area (Å²) in [6, 6.07) is 6.72. The SMILES string of the molecule is O=C(O)c1cnc(NC2CCCN(c3cccc(F)c3)C2)cn1. The van der Waals surface area contributed by atoms with Crippen molar-refractivity contribution in [3.05, 3.63) is 48.2 Å². The van der Waals surface area contributed by atoms with Crippen LogP contribution in [0.25, 0.3) is 0 Å². The predicted molar refractivity (Wildman–Crippen MR) is 84.2 cm³/mol. The topological polar surface area (TPSA) is 78.3 Å². The molecule has 0 amide bonds. The van der Waals surface area contributed by atoms with Crippen LogP contribution in [0.15, 0.2) is 36.7 Å². The van der Waals surface area contributed by atoms with Gasteiger partial charge in [0.15, 0.2) is 5.69 Å². The lowest BCUT2D eigenvalue weighted by molar-refractivity contribution is 0.0690. The Morgan fingerprint density at radius 1 is 1.35 bits per heavy atom. The van der Waals surface area contributed by atoms with E-state index in [0.717, 1.165) is 31.6 Å². The minimum Gasteiger partial charge on any atom is -0.476 e. The summed E-state index contributed by atoms with van der Waals surface area (Å²) >= 11 is 0. The van der Waals surface area contributed by atoms with Crippen molar-refractivity contribution in [2.75, 3.05) is 23.3 Å². The zero-order valence-corrected chi connectivity index (χ0v) is 12.4. The largest absolute Gasteiger partial charge is 0.476 e. The van der Waals surface area contributed by atoms with E-state index < -0.39 is 5.97 Å². The Hall–Kier alpha value is -2.70. The first-order valence-electron chi connectivity index (χ1n) is 7.44. The number of aromatic carboxylic acids is 1. The first kappa shape index (κ1) is 15.2. The summed E-state index contributed by atoms with van der Waals surface area (Å²) in [5, 5.41) is 12.1. The highest BCUT2D eigenvalue weighted by atomic mass is 19.1.